The van der Waals surface area contributed by atoms with Gasteiger partial charge in [0.25, 0.3) is 5.91 Å². The van der Waals surface area contributed by atoms with Crippen LogP contribution < -0.4 is 15.5 Å². The van der Waals surface area contributed by atoms with Gasteiger partial charge in [-0.2, -0.15) is 0 Å². The first-order valence-electron chi connectivity index (χ1n) is 10.5. The molecule has 0 bridgehead atoms. The number of aryl methyl sites for hydroxylation is 1. The lowest BCUT2D eigenvalue weighted by Crippen LogP contribution is -2.54. The Hall–Kier alpha value is -2.90. The number of piperazine rings is 1. The molecular formula is C23H25ClN6O. The molecule has 2 N–H and O–H groups in total. The number of carbonyl (C=O) groups excluding carboxylic acids is 1. The quantitative estimate of drug-likeness (QED) is 0.502. The number of imidazole rings is 1. The highest BCUT2D eigenvalue weighted by Crippen LogP contribution is 2.33. The molecule has 4 heterocycles. The largest absolute Gasteiger partial charge is 0.368 e. The first-order chi connectivity index (χ1) is 14.9. The lowest BCUT2D eigenvalue weighted by molar-refractivity contribution is 0.0964. The highest BCUT2D eigenvalue weighted by atomic mass is 35.5. The average Bonchev–Trinajstić information content (AvgIpc) is 3.10. The van der Waals surface area contributed by atoms with Crippen molar-refractivity contribution in [3.63, 3.8) is 0 Å². The number of hydrogen-bond acceptors (Lipinski definition) is 5. The molecule has 0 saturated carbocycles. The van der Waals surface area contributed by atoms with E-state index in [9.17, 15) is 4.79 Å². The minimum Gasteiger partial charge on any atom is -0.368 e. The summed E-state index contributed by atoms with van der Waals surface area (Å²) in [5.41, 5.74) is 5.49. The van der Waals surface area contributed by atoms with E-state index in [0.29, 0.717) is 28.3 Å². The van der Waals surface area contributed by atoms with E-state index < -0.39 is 0 Å². The Labute approximate surface area is 185 Å². The van der Waals surface area contributed by atoms with Crippen molar-refractivity contribution in [2.75, 3.05) is 25.0 Å². The third-order valence-electron chi connectivity index (χ3n) is 5.87. The van der Waals surface area contributed by atoms with E-state index in [2.05, 4.69) is 35.4 Å². The van der Waals surface area contributed by atoms with Crippen molar-refractivity contribution in [2.24, 2.45) is 0 Å². The zero-order chi connectivity index (χ0) is 21.9. The summed E-state index contributed by atoms with van der Waals surface area (Å²) in [6.45, 7) is 8.15. The van der Waals surface area contributed by atoms with Crippen molar-refractivity contribution < 1.29 is 4.79 Å². The molecule has 31 heavy (non-hydrogen) atoms. The van der Waals surface area contributed by atoms with Crippen LogP contribution in [0.2, 0.25) is 5.02 Å². The number of nitrogens with zero attached hydrogens (tertiary/aromatic N) is 4. The highest BCUT2D eigenvalue weighted by Gasteiger charge is 2.25. The standard InChI is InChI=1S/C23H25ClN6O/c1-12-7-19(29-10-13(2)26-14(3)11-29)16-9-17(23(31)25-4)22-28-18-6-5-15(24)8-20(18)30(22)21(16)27-12/h5-9,13-14,26H,10-11H2,1-4H3,(H,25,31). The Morgan fingerprint density at radius 2 is 1.87 bits per heavy atom. The first-order valence-corrected chi connectivity index (χ1v) is 10.9. The number of pyridine rings is 2. The van der Waals surface area contributed by atoms with Crippen molar-refractivity contribution in [1.82, 2.24) is 25.0 Å². The van der Waals surface area contributed by atoms with Gasteiger partial charge in [-0.25, -0.2) is 9.97 Å². The molecule has 1 saturated heterocycles. The van der Waals surface area contributed by atoms with Gasteiger partial charge < -0.3 is 15.5 Å². The average molecular weight is 437 g/mol. The van der Waals surface area contributed by atoms with Crippen molar-refractivity contribution in [2.45, 2.75) is 32.9 Å². The number of aromatic nitrogens is 3. The van der Waals surface area contributed by atoms with Gasteiger partial charge in [-0.15, -0.1) is 0 Å². The summed E-state index contributed by atoms with van der Waals surface area (Å²) in [4.78, 5) is 24.9. The zero-order valence-corrected chi connectivity index (χ0v) is 18.8. The van der Waals surface area contributed by atoms with Gasteiger partial charge in [-0.3, -0.25) is 9.20 Å². The van der Waals surface area contributed by atoms with Gasteiger partial charge in [0.15, 0.2) is 5.65 Å². The van der Waals surface area contributed by atoms with Crippen LogP contribution in [0.15, 0.2) is 30.3 Å². The van der Waals surface area contributed by atoms with E-state index in [1.165, 1.54) is 0 Å². The van der Waals surface area contributed by atoms with Gasteiger partial charge in [-0.05, 0) is 51.1 Å². The fraction of sp³-hybridized carbons (Fsp3) is 0.348. The van der Waals surface area contributed by atoms with Crippen LogP contribution in [0.25, 0.3) is 27.7 Å². The van der Waals surface area contributed by atoms with Crippen molar-refractivity contribution in [3.8, 4) is 0 Å². The maximum Gasteiger partial charge on any atom is 0.254 e. The number of carbonyl (C=O) groups is 1. The minimum atomic E-state index is -0.179. The molecule has 0 radical (unpaired) electrons. The molecule has 1 aliphatic heterocycles. The van der Waals surface area contributed by atoms with Crippen LogP contribution in [0.5, 0.6) is 0 Å². The van der Waals surface area contributed by atoms with Crippen LogP contribution in [-0.2, 0) is 0 Å². The van der Waals surface area contributed by atoms with Gasteiger partial charge in [0.2, 0.25) is 0 Å². The Kier molecular flexibility index (Phi) is 4.75. The maximum atomic E-state index is 12.8. The number of halogens is 1. The Balaban J connectivity index is 1.90. The molecule has 1 aliphatic rings. The molecule has 3 aromatic heterocycles. The lowest BCUT2D eigenvalue weighted by atomic mass is 10.1. The number of benzene rings is 1. The Morgan fingerprint density at radius 3 is 2.58 bits per heavy atom. The molecule has 8 heteroatoms. The van der Waals surface area contributed by atoms with E-state index in [-0.39, 0.29) is 5.91 Å². The monoisotopic (exact) mass is 436 g/mol. The highest BCUT2D eigenvalue weighted by molar-refractivity contribution is 6.31. The molecule has 1 aromatic carbocycles. The van der Waals surface area contributed by atoms with Gasteiger partial charge in [0.05, 0.1) is 16.6 Å². The smallest absolute Gasteiger partial charge is 0.254 e. The van der Waals surface area contributed by atoms with Gasteiger partial charge in [-0.1, -0.05) is 11.6 Å². The number of fused-ring (bicyclic) bond motifs is 5. The number of nitrogens with one attached hydrogen (secondary N) is 2. The van der Waals surface area contributed by atoms with E-state index >= 15 is 0 Å². The second-order valence-electron chi connectivity index (χ2n) is 8.43. The SMILES string of the molecule is CNC(=O)c1cc2c(N3CC(C)NC(C)C3)cc(C)nc2n2c1nc1ccc(Cl)cc12. The number of hydrogen-bond donors (Lipinski definition) is 2. The number of amides is 1. The third kappa shape index (κ3) is 3.28. The van der Waals surface area contributed by atoms with E-state index in [4.69, 9.17) is 21.6 Å². The van der Waals surface area contributed by atoms with Crippen LogP contribution >= 0.6 is 11.6 Å². The fourth-order valence-corrected chi connectivity index (χ4v) is 4.86. The zero-order valence-electron chi connectivity index (χ0n) is 18.0. The van der Waals surface area contributed by atoms with Crippen LogP contribution in [0.3, 0.4) is 0 Å². The normalized spacial score (nSPS) is 19.5. The second-order valence-corrected chi connectivity index (χ2v) is 8.87. The van der Waals surface area contributed by atoms with E-state index in [1.807, 2.05) is 35.6 Å². The fourth-order valence-electron chi connectivity index (χ4n) is 4.70. The Morgan fingerprint density at radius 1 is 1.13 bits per heavy atom. The van der Waals surface area contributed by atoms with Crippen LogP contribution in [0.1, 0.15) is 29.9 Å². The molecule has 1 amide bonds. The van der Waals surface area contributed by atoms with Crippen LogP contribution in [-0.4, -0.2) is 52.5 Å². The molecule has 2 atom stereocenters. The molecule has 4 aromatic rings. The van der Waals surface area contributed by atoms with E-state index in [1.54, 1.807) is 7.05 Å². The predicted molar refractivity (Wildman–Crippen MR) is 125 cm³/mol. The van der Waals surface area contributed by atoms with Crippen LogP contribution in [0, 0.1) is 6.92 Å². The topological polar surface area (TPSA) is 74.6 Å². The van der Waals surface area contributed by atoms with Gasteiger partial charge in [0, 0.05) is 54.0 Å². The van der Waals surface area contributed by atoms with Crippen LogP contribution in [0.4, 0.5) is 5.69 Å². The van der Waals surface area contributed by atoms with E-state index in [0.717, 1.165) is 46.5 Å². The molecule has 7 nitrogen and oxygen atoms in total. The van der Waals surface area contributed by atoms with Crippen molar-refractivity contribution >= 4 is 50.9 Å². The predicted octanol–water partition coefficient (Wildman–Crippen LogP) is 3.54. The first kappa shape index (κ1) is 20.0. The van der Waals surface area contributed by atoms with Crippen molar-refractivity contribution in [1.29, 1.82) is 0 Å². The molecule has 1 fully saturated rings. The maximum absolute atomic E-state index is 12.8. The number of rotatable bonds is 2. The summed E-state index contributed by atoms with van der Waals surface area (Å²) < 4.78 is 1.96. The van der Waals surface area contributed by atoms with Gasteiger partial charge >= 0.3 is 0 Å². The summed E-state index contributed by atoms with van der Waals surface area (Å²) in [7, 11) is 1.64. The lowest BCUT2D eigenvalue weighted by Gasteiger charge is -2.38. The summed E-state index contributed by atoms with van der Waals surface area (Å²) in [6.07, 6.45) is 0. The van der Waals surface area contributed by atoms with Gasteiger partial charge in [0.1, 0.15) is 5.65 Å². The second kappa shape index (κ2) is 7.35. The molecule has 5 rings (SSSR count). The molecule has 0 aliphatic carbocycles. The molecule has 2 unspecified atom stereocenters. The summed E-state index contributed by atoms with van der Waals surface area (Å²) >= 11 is 6.32. The number of anilines is 1. The summed E-state index contributed by atoms with van der Waals surface area (Å²) in [6, 6.07) is 10.3. The Bertz CT molecular complexity index is 1340. The third-order valence-corrected chi connectivity index (χ3v) is 6.11. The molecule has 0 spiro atoms. The minimum absolute atomic E-state index is 0.179. The summed E-state index contributed by atoms with van der Waals surface area (Å²) in [5, 5.41) is 7.89. The van der Waals surface area contributed by atoms with Crippen molar-refractivity contribution in [3.05, 3.63) is 46.6 Å². The summed E-state index contributed by atoms with van der Waals surface area (Å²) in [5.74, 6) is -0.179. The molecule has 160 valence electrons. The molecular weight excluding hydrogens is 412 g/mol.